The minimum Gasteiger partial charge on any atom is -0.399 e. The van der Waals surface area contributed by atoms with E-state index in [2.05, 4.69) is 16.3 Å². The van der Waals surface area contributed by atoms with E-state index in [0.29, 0.717) is 11.3 Å². The quantitative estimate of drug-likeness (QED) is 0.799. The van der Waals surface area contributed by atoms with Crippen LogP contribution in [0.25, 0.3) is 0 Å². The minimum atomic E-state index is -0.131. The van der Waals surface area contributed by atoms with Crippen molar-refractivity contribution in [2.24, 2.45) is 0 Å². The number of rotatable bonds is 4. The standard InChI is InChI=1S/C18H23N3O.2ClH/c1-12-5-8-17(14(9-12)11-21(3)4)20-18(22)16-10-15(19)7-6-13(16)2;;/h5-10H,11,19H2,1-4H3,(H,20,22);2*1H. The summed E-state index contributed by atoms with van der Waals surface area (Å²) >= 11 is 0. The molecule has 0 aliphatic carbocycles. The summed E-state index contributed by atoms with van der Waals surface area (Å²) in [5.41, 5.74) is 11.0. The number of nitrogen functional groups attached to an aromatic ring is 1. The molecule has 2 aromatic carbocycles. The van der Waals surface area contributed by atoms with E-state index in [1.54, 1.807) is 12.1 Å². The fraction of sp³-hybridized carbons (Fsp3) is 0.278. The van der Waals surface area contributed by atoms with Gasteiger partial charge in [0.2, 0.25) is 0 Å². The van der Waals surface area contributed by atoms with Gasteiger partial charge in [0.15, 0.2) is 0 Å². The normalized spacial score (nSPS) is 9.88. The Kier molecular flexibility index (Phi) is 8.83. The van der Waals surface area contributed by atoms with Crippen LogP contribution in [-0.4, -0.2) is 24.9 Å². The van der Waals surface area contributed by atoms with Crippen LogP contribution < -0.4 is 11.1 Å². The highest BCUT2D eigenvalue weighted by Crippen LogP contribution is 2.21. The number of carbonyl (C=O) groups excluding carboxylic acids is 1. The fourth-order valence-corrected chi connectivity index (χ4v) is 2.39. The van der Waals surface area contributed by atoms with E-state index in [4.69, 9.17) is 5.73 Å². The summed E-state index contributed by atoms with van der Waals surface area (Å²) in [5, 5.41) is 3.01. The molecule has 24 heavy (non-hydrogen) atoms. The second kappa shape index (κ2) is 9.52. The van der Waals surface area contributed by atoms with Gasteiger partial charge >= 0.3 is 0 Å². The van der Waals surface area contributed by atoms with Crippen molar-refractivity contribution in [1.82, 2.24) is 4.90 Å². The second-order valence-corrected chi connectivity index (χ2v) is 5.93. The molecular formula is C18H25Cl2N3O. The van der Waals surface area contributed by atoms with Crippen molar-refractivity contribution < 1.29 is 4.79 Å². The number of halogens is 2. The molecular weight excluding hydrogens is 345 g/mol. The predicted molar refractivity (Wildman–Crippen MR) is 107 cm³/mol. The Labute approximate surface area is 156 Å². The highest BCUT2D eigenvalue weighted by molar-refractivity contribution is 6.06. The molecule has 6 heteroatoms. The maximum absolute atomic E-state index is 12.5. The summed E-state index contributed by atoms with van der Waals surface area (Å²) in [7, 11) is 4.02. The van der Waals surface area contributed by atoms with Crippen molar-refractivity contribution in [3.8, 4) is 0 Å². The Balaban J connectivity index is 0.00000264. The summed E-state index contributed by atoms with van der Waals surface area (Å²) in [5.74, 6) is -0.131. The second-order valence-electron chi connectivity index (χ2n) is 5.93. The van der Waals surface area contributed by atoms with Crippen molar-refractivity contribution in [2.75, 3.05) is 25.1 Å². The van der Waals surface area contributed by atoms with Gasteiger partial charge in [0.05, 0.1) is 0 Å². The van der Waals surface area contributed by atoms with Gasteiger partial charge in [-0.15, -0.1) is 24.8 Å². The maximum Gasteiger partial charge on any atom is 0.256 e. The van der Waals surface area contributed by atoms with E-state index in [-0.39, 0.29) is 30.7 Å². The molecule has 0 aliphatic rings. The molecule has 0 heterocycles. The lowest BCUT2D eigenvalue weighted by atomic mass is 10.1. The SMILES string of the molecule is Cc1ccc(NC(=O)c2cc(N)ccc2C)c(CN(C)C)c1.Cl.Cl. The molecule has 0 aromatic heterocycles. The largest absolute Gasteiger partial charge is 0.399 e. The molecule has 132 valence electrons. The van der Waals surface area contributed by atoms with Crippen LogP contribution in [0, 0.1) is 13.8 Å². The van der Waals surface area contributed by atoms with Crippen LogP contribution in [-0.2, 0) is 6.54 Å². The Bertz CT molecular complexity index is 703. The van der Waals surface area contributed by atoms with E-state index in [1.807, 2.05) is 46.1 Å². The Hall–Kier alpha value is -1.75. The Morgan fingerprint density at radius 1 is 1.08 bits per heavy atom. The number of hydrogen-bond donors (Lipinski definition) is 2. The number of nitrogens with zero attached hydrogens (tertiary/aromatic N) is 1. The lowest BCUT2D eigenvalue weighted by Crippen LogP contribution is -2.17. The number of benzene rings is 2. The number of carbonyl (C=O) groups is 1. The van der Waals surface area contributed by atoms with Crippen LogP contribution in [0.4, 0.5) is 11.4 Å². The van der Waals surface area contributed by atoms with Crippen molar-refractivity contribution in [1.29, 1.82) is 0 Å². The number of hydrogen-bond acceptors (Lipinski definition) is 3. The van der Waals surface area contributed by atoms with Crippen LogP contribution in [0.1, 0.15) is 27.0 Å². The highest BCUT2D eigenvalue weighted by Gasteiger charge is 2.12. The molecule has 0 radical (unpaired) electrons. The monoisotopic (exact) mass is 369 g/mol. The zero-order chi connectivity index (χ0) is 16.3. The van der Waals surface area contributed by atoms with Gasteiger partial charge in [-0.25, -0.2) is 0 Å². The Morgan fingerprint density at radius 2 is 1.75 bits per heavy atom. The topological polar surface area (TPSA) is 58.4 Å². The average molecular weight is 370 g/mol. The molecule has 1 amide bonds. The van der Waals surface area contributed by atoms with Gasteiger partial charge in [-0.1, -0.05) is 23.8 Å². The van der Waals surface area contributed by atoms with Crippen LogP contribution >= 0.6 is 24.8 Å². The predicted octanol–water partition coefficient (Wildman–Crippen LogP) is 4.04. The molecule has 2 rings (SSSR count). The van der Waals surface area contributed by atoms with E-state index in [0.717, 1.165) is 23.4 Å². The third kappa shape index (κ3) is 5.71. The first kappa shape index (κ1) is 22.2. The molecule has 0 saturated heterocycles. The van der Waals surface area contributed by atoms with Crippen molar-refractivity contribution >= 4 is 42.1 Å². The molecule has 0 bridgehead atoms. The molecule has 0 unspecified atom stereocenters. The van der Waals surface area contributed by atoms with E-state index in [9.17, 15) is 4.79 Å². The van der Waals surface area contributed by atoms with Crippen molar-refractivity contribution in [2.45, 2.75) is 20.4 Å². The molecule has 4 nitrogen and oxygen atoms in total. The van der Waals surface area contributed by atoms with Crippen molar-refractivity contribution in [3.05, 3.63) is 58.7 Å². The zero-order valence-electron chi connectivity index (χ0n) is 14.4. The number of aryl methyl sites for hydroxylation is 2. The smallest absolute Gasteiger partial charge is 0.256 e. The maximum atomic E-state index is 12.5. The third-order valence-corrected chi connectivity index (χ3v) is 3.50. The van der Waals surface area contributed by atoms with E-state index < -0.39 is 0 Å². The molecule has 2 aromatic rings. The van der Waals surface area contributed by atoms with Gasteiger partial charge in [0.25, 0.3) is 5.91 Å². The van der Waals surface area contributed by atoms with Crippen LogP contribution in [0.15, 0.2) is 36.4 Å². The lowest BCUT2D eigenvalue weighted by Gasteiger charge is -2.16. The third-order valence-electron chi connectivity index (χ3n) is 3.50. The average Bonchev–Trinajstić information content (AvgIpc) is 2.43. The zero-order valence-corrected chi connectivity index (χ0v) is 16.1. The van der Waals surface area contributed by atoms with Gasteiger partial charge < -0.3 is 16.0 Å². The van der Waals surface area contributed by atoms with Gasteiger partial charge in [0.1, 0.15) is 0 Å². The van der Waals surface area contributed by atoms with Crippen molar-refractivity contribution in [3.63, 3.8) is 0 Å². The molecule has 0 aliphatic heterocycles. The van der Waals surface area contributed by atoms with Crippen LogP contribution in [0.3, 0.4) is 0 Å². The Morgan fingerprint density at radius 3 is 2.38 bits per heavy atom. The molecule has 0 fully saturated rings. The number of nitrogens with two attached hydrogens (primary N) is 1. The molecule has 0 spiro atoms. The van der Waals surface area contributed by atoms with Gasteiger partial charge in [-0.3, -0.25) is 4.79 Å². The summed E-state index contributed by atoms with van der Waals surface area (Å²) in [6.07, 6.45) is 0. The minimum absolute atomic E-state index is 0. The first-order valence-electron chi connectivity index (χ1n) is 7.28. The number of nitrogens with one attached hydrogen (secondary N) is 1. The summed E-state index contributed by atoms with van der Waals surface area (Å²) in [6.45, 7) is 4.73. The fourth-order valence-electron chi connectivity index (χ4n) is 2.39. The summed E-state index contributed by atoms with van der Waals surface area (Å²) in [6, 6.07) is 11.4. The molecule has 0 atom stereocenters. The van der Waals surface area contributed by atoms with Gasteiger partial charge in [-0.2, -0.15) is 0 Å². The first-order valence-corrected chi connectivity index (χ1v) is 7.28. The summed E-state index contributed by atoms with van der Waals surface area (Å²) < 4.78 is 0. The van der Waals surface area contributed by atoms with E-state index in [1.165, 1.54) is 5.56 Å². The van der Waals surface area contributed by atoms with Gasteiger partial charge in [-0.05, 0) is 57.3 Å². The number of amides is 1. The van der Waals surface area contributed by atoms with E-state index >= 15 is 0 Å². The highest BCUT2D eigenvalue weighted by atomic mass is 35.5. The summed E-state index contributed by atoms with van der Waals surface area (Å²) in [4.78, 5) is 14.6. The lowest BCUT2D eigenvalue weighted by molar-refractivity contribution is 0.102. The first-order chi connectivity index (χ1) is 10.4. The van der Waals surface area contributed by atoms with Crippen LogP contribution in [0.5, 0.6) is 0 Å². The molecule has 3 N–H and O–H groups in total. The van der Waals surface area contributed by atoms with Crippen LogP contribution in [0.2, 0.25) is 0 Å². The van der Waals surface area contributed by atoms with Gasteiger partial charge in [0, 0.05) is 23.5 Å². The number of anilines is 2. The molecule has 0 saturated carbocycles.